The summed E-state index contributed by atoms with van der Waals surface area (Å²) in [6.07, 6.45) is 3.30. The van der Waals surface area contributed by atoms with E-state index in [0.717, 1.165) is 17.0 Å². The van der Waals surface area contributed by atoms with Gasteiger partial charge in [-0.2, -0.15) is 5.10 Å². The second-order valence-electron chi connectivity index (χ2n) is 5.75. The van der Waals surface area contributed by atoms with Crippen LogP contribution in [0.25, 0.3) is 5.69 Å². The first-order chi connectivity index (χ1) is 12.7. The van der Waals surface area contributed by atoms with Crippen molar-refractivity contribution in [2.24, 2.45) is 0 Å². The van der Waals surface area contributed by atoms with Gasteiger partial charge in [-0.05, 0) is 30.3 Å². The van der Waals surface area contributed by atoms with Crippen molar-refractivity contribution in [2.45, 2.75) is 5.25 Å². The number of fused-ring (bicyclic) bond motifs is 1. The number of thioether (sulfide) groups is 1. The molecule has 0 saturated heterocycles. The first kappa shape index (κ1) is 16.5. The van der Waals surface area contributed by atoms with Crippen molar-refractivity contribution in [2.75, 3.05) is 18.2 Å². The Labute approximate surface area is 153 Å². The first-order valence-corrected chi connectivity index (χ1v) is 9.03. The number of benzene rings is 1. The number of rotatable bonds is 3. The van der Waals surface area contributed by atoms with E-state index in [9.17, 15) is 9.59 Å². The predicted molar refractivity (Wildman–Crippen MR) is 100 cm³/mol. The summed E-state index contributed by atoms with van der Waals surface area (Å²) in [5.74, 6) is 1.45. The van der Waals surface area contributed by atoms with Crippen molar-refractivity contribution >= 4 is 23.5 Å². The molecule has 4 rings (SSSR count). The molecule has 0 spiro atoms. The fraction of sp³-hybridized carbons (Fsp3) is 0.167. The van der Waals surface area contributed by atoms with Crippen LogP contribution in [-0.4, -0.2) is 33.5 Å². The Kier molecular flexibility index (Phi) is 4.26. The van der Waals surface area contributed by atoms with Crippen molar-refractivity contribution in [3.63, 3.8) is 0 Å². The zero-order valence-electron chi connectivity index (χ0n) is 13.9. The van der Waals surface area contributed by atoms with Crippen LogP contribution in [0.3, 0.4) is 0 Å². The van der Waals surface area contributed by atoms with Gasteiger partial charge in [-0.15, -0.1) is 11.8 Å². The van der Waals surface area contributed by atoms with E-state index in [1.54, 1.807) is 36.3 Å². The number of aromatic nitrogens is 3. The number of hydrogen-bond donors (Lipinski definition) is 2. The van der Waals surface area contributed by atoms with E-state index in [0.29, 0.717) is 11.4 Å². The van der Waals surface area contributed by atoms with Gasteiger partial charge in [0.15, 0.2) is 0 Å². The third kappa shape index (κ3) is 2.88. The molecule has 1 atom stereocenters. The number of pyridine rings is 1. The van der Waals surface area contributed by atoms with E-state index < -0.39 is 0 Å². The number of aromatic amines is 1. The van der Waals surface area contributed by atoms with Gasteiger partial charge in [0, 0.05) is 17.3 Å². The van der Waals surface area contributed by atoms with Crippen LogP contribution in [0.4, 0.5) is 5.82 Å². The van der Waals surface area contributed by atoms with Crippen LogP contribution in [0.1, 0.15) is 16.4 Å². The van der Waals surface area contributed by atoms with Gasteiger partial charge in [0.05, 0.1) is 30.0 Å². The lowest BCUT2D eigenvalue weighted by Gasteiger charge is -2.13. The number of H-pyrrole nitrogens is 1. The van der Waals surface area contributed by atoms with Gasteiger partial charge >= 0.3 is 0 Å². The molecule has 8 heteroatoms. The summed E-state index contributed by atoms with van der Waals surface area (Å²) in [5.41, 5.74) is 2.03. The van der Waals surface area contributed by atoms with Gasteiger partial charge in [-0.1, -0.05) is 6.07 Å². The minimum absolute atomic E-state index is 0.124. The number of amides is 1. The molecule has 1 aliphatic heterocycles. The van der Waals surface area contributed by atoms with Gasteiger partial charge in [0.2, 0.25) is 5.91 Å². The summed E-state index contributed by atoms with van der Waals surface area (Å²) in [5, 5.41) is 7.08. The van der Waals surface area contributed by atoms with Crippen LogP contribution < -0.4 is 15.6 Å². The molecule has 26 heavy (non-hydrogen) atoms. The van der Waals surface area contributed by atoms with E-state index >= 15 is 0 Å². The Morgan fingerprint density at radius 2 is 2.00 bits per heavy atom. The van der Waals surface area contributed by atoms with Crippen LogP contribution >= 0.6 is 11.8 Å². The van der Waals surface area contributed by atoms with E-state index in [1.165, 1.54) is 11.8 Å². The van der Waals surface area contributed by atoms with Crippen molar-refractivity contribution in [3.8, 4) is 11.4 Å². The topological polar surface area (TPSA) is 89.0 Å². The summed E-state index contributed by atoms with van der Waals surface area (Å²) < 4.78 is 6.85. The Hall–Kier alpha value is -3.00. The van der Waals surface area contributed by atoms with Crippen LogP contribution in [0.5, 0.6) is 5.75 Å². The maximum atomic E-state index is 12.3. The lowest BCUT2D eigenvalue weighted by molar-refractivity contribution is -0.113. The highest BCUT2D eigenvalue weighted by molar-refractivity contribution is 8.00. The standard InChI is InChI=1S/C18H16N4O3S/c1-25-12-6-4-11(5-7-12)22-17-14(9-20-22)16(26-10-15(23)21-17)13-3-2-8-19-18(13)24/h2-9,16H,10H2,1H3,(H,19,24)(H,21,23). The number of nitrogens with zero attached hydrogens (tertiary/aromatic N) is 2. The summed E-state index contributed by atoms with van der Waals surface area (Å²) in [7, 11) is 1.61. The normalized spacial score (nSPS) is 16.5. The summed E-state index contributed by atoms with van der Waals surface area (Å²) in [6.45, 7) is 0. The molecular formula is C18H16N4O3S. The maximum Gasteiger partial charge on any atom is 0.252 e. The van der Waals surface area contributed by atoms with Gasteiger partial charge in [-0.3, -0.25) is 9.59 Å². The van der Waals surface area contributed by atoms with Crippen molar-refractivity contribution in [3.05, 3.63) is 70.3 Å². The van der Waals surface area contributed by atoms with Crippen LogP contribution in [0.15, 0.2) is 53.6 Å². The van der Waals surface area contributed by atoms with Crippen molar-refractivity contribution in [1.82, 2.24) is 14.8 Å². The number of anilines is 1. The van der Waals surface area contributed by atoms with Gasteiger partial charge in [-0.25, -0.2) is 4.68 Å². The number of carbonyl (C=O) groups is 1. The number of carbonyl (C=O) groups excluding carboxylic acids is 1. The lowest BCUT2D eigenvalue weighted by Crippen LogP contribution is -2.15. The number of ether oxygens (including phenoxy) is 1. The molecule has 1 aliphatic rings. The van der Waals surface area contributed by atoms with Crippen molar-refractivity contribution in [1.29, 1.82) is 0 Å². The number of methoxy groups -OCH3 is 1. The second kappa shape index (κ2) is 6.72. The minimum atomic E-state index is -0.277. The lowest BCUT2D eigenvalue weighted by atomic mass is 10.1. The smallest absolute Gasteiger partial charge is 0.252 e. The maximum absolute atomic E-state index is 12.3. The molecule has 0 fully saturated rings. The molecule has 2 N–H and O–H groups in total. The zero-order valence-corrected chi connectivity index (χ0v) is 14.7. The van der Waals surface area contributed by atoms with E-state index in [1.807, 2.05) is 24.3 Å². The SMILES string of the molecule is COc1ccc(-n2ncc3c2NC(=O)CSC3c2ccc[nH]c2=O)cc1. The Bertz CT molecular complexity index is 1010. The molecule has 1 amide bonds. The van der Waals surface area contributed by atoms with Crippen molar-refractivity contribution < 1.29 is 9.53 Å². The van der Waals surface area contributed by atoms with E-state index in [4.69, 9.17) is 4.74 Å². The third-order valence-electron chi connectivity index (χ3n) is 4.17. The average Bonchev–Trinajstić information content (AvgIpc) is 2.99. The summed E-state index contributed by atoms with van der Waals surface area (Å²) in [4.78, 5) is 27.2. The fourth-order valence-corrected chi connectivity index (χ4v) is 4.02. The highest BCUT2D eigenvalue weighted by atomic mass is 32.2. The molecule has 132 valence electrons. The summed E-state index contributed by atoms with van der Waals surface area (Å²) in [6, 6.07) is 10.9. The quantitative estimate of drug-likeness (QED) is 0.741. The fourth-order valence-electron chi connectivity index (χ4n) is 2.91. The molecule has 1 unspecified atom stereocenters. The third-order valence-corrected chi connectivity index (χ3v) is 5.44. The van der Waals surface area contributed by atoms with E-state index in [-0.39, 0.29) is 22.5 Å². The summed E-state index contributed by atoms with van der Waals surface area (Å²) >= 11 is 1.41. The van der Waals surface area contributed by atoms with E-state index in [2.05, 4.69) is 15.4 Å². The molecular weight excluding hydrogens is 352 g/mol. The monoisotopic (exact) mass is 368 g/mol. The molecule has 3 heterocycles. The number of nitrogens with one attached hydrogen (secondary N) is 2. The minimum Gasteiger partial charge on any atom is -0.497 e. The van der Waals surface area contributed by atoms with Gasteiger partial charge in [0.1, 0.15) is 11.6 Å². The Morgan fingerprint density at radius 3 is 2.73 bits per heavy atom. The molecule has 0 saturated carbocycles. The molecule has 0 radical (unpaired) electrons. The highest BCUT2D eigenvalue weighted by Crippen LogP contribution is 2.40. The molecule has 3 aromatic rings. The zero-order chi connectivity index (χ0) is 18.1. The Balaban J connectivity index is 1.83. The number of hydrogen-bond acceptors (Lipinski definition) is 5. The molecule has 0 aliphatic carbocycles. The predicted octanol–water partition coefficient (Wildman–Crippen LogP) is 2.34. The van der Waals surface area contributed by atoms with Crippen LogP contribution in [0.2, 0.25) is 0 Å². The molecule has 7 nitrogen and oxygen atoms in total. The molecule has 0 bridgehead atoms. The molecule has 2 aromatic heterocycles. The Morgan fingerprint density at radius 1 is 1.19 bits per heavy atom. The van der Waals surface area contributed by atoms with Gasteiger partial charge < -0.3 is 15.0 Å². The van der Waals surface area contributed by atoms with Crippen LogP contribution in [-0.2, 0) is 4.79 Å². The second-order valence-corrected chi connectivity index (χ2v) is 6.85. The largest absolute Gasteiger partial charge is 0.497 e. The average molecular weight is 368 g/mol. The highest BCUT2D eigenvalue weighted by Gasteiger charge is 2.29. The van der Waals surface area contributed by atoms with Crippen LogP contribution in [0, 0.1) is 0 Å². The van der Waals surface area contributed by atoms with Gasteiger partial charge in [0.25, 0.3) is 5.56 Å². The first-order valence-electron chi connectivity index (χ1n) is 7.99. The molecule has 1 aromatic carbocycles.